The SMILES string of the molecule is COc1cc(/C=C2\SC(=Nc3cc(C(F)(F)F)ccc3Cl)NC2=O)cc(OC)c1OC. The molecule has 0 radical (unpaired) electrons. The van der Waals surface area contributed by atoms with Crippen molar-refractivity contribution in [1.82, 2.24) is 5.32 Å². The molecular weight excluding hydrogens is 457 g/mol. The number of halogens is 4. The topological polar surface area (TPSA) is 69.2 Å². The lowest BCUT2D eigenvalue weighted by molar-refractivity contribution is -0.137. The zero-order valence-electron chi connectivity index (χ0n) is 16.5. The molecule has 164 valence electrons. The number of methoxy groups -OCH3 is 3. The second-order valence-corrected chi connectivity index (χ2v) is 7.54. The van der Waals surface area contributed by atoms with E-state index in [-0.39, 0.29) is 20.8 Å². The summed E-state index contributed by atoms with van der Waals surface area (Å²) >= 11 is 6.94. The Labute approximate surface area is 185 Å². The first-order valence-electron chi connectivity index (χ1n) is 8.62. The highest BCUT2D eigenvalue weighted by Crippen LogP contribution is 2.40. The van der Waals surface area contributed by atoms with Gasteiger partial charge in [0.2, 0.25) is 5.75 Å². The Kier molecular flexibility index (Phi) is 6.71. The molecule has 0 atom stereocenters. The number of hydrogen-bond donors (Lipinski definition) is 1. The normalized spacial score (nSPS) is 16.5. The van der Waals surface area contributed by atoms with Crippen LogP contribution in [-0.2, 0) is 11.0 Å². The highest BCUT2D eigenvalue weighted by atomic mass is 35.5. The minimum absolute atomic E-state index is 0.0254. The number of hydrogen-bond acceptors (Lipinski definition) is 6. The van der Waals surface area contributed by atoms with Crippen molar-refractivity contribution in [2.75, 3.05) is 21.3 Å². The van der Waals surface area contributed by atoms with E-state index in [0.29, 0.717) is 22.8 Å². The summed E-state index contributed by atoms with van der Waals surface area (Å²) in [4.78, 5) is 16.7. The van der Waals surface area contributed by atoms with Crippen molar-refractivity contribution in [3.05, 3.63) is 51.4 Å². The average Bonchev–Trinajstić information content (AvgIpc) is 3.06. The number of aliphatic imine (C=N–C) groups is 1. The number of nitrogens with one attached hydrogen (secondary N) is 1. The molecule has 0 aromatic heterocycles. The van der Waals surface area contributed by atoms with Gasteiger partial charge in [0.1, 0.15) is 0 Å². The number of alkyl halides is 3. The van der Waals surface area contributed by atoms with Crippen LogP contribution in [0.4, 0.5) is 18.9 Å². The maximum atomic E-state index is 13.0. The van der Waals surface area contributed by atoms with E-state index in [1.807, 2.05) is 0 Å². The summed E-state index contributed by atoms with van der Waals surface area (Å²) in [5.41, 5.74) is -0.405. The van der Waals surface area contributed by atoms with Crippen molar-refractivity contribution < 1.29 is 32.2 Å². The quantitative estimate of drug-likeness (QED) is 0.600. The monoisotopic (exact) mass is 472 g/mol. The second kappa shape index (κ2) is 9.11. The first-order valence-corrected chi connectivity index (χ1v) is 9.82. The Bertz CT molecular complexity index is 1060. The number of benzene rings is 2. The molecule has 1 saturated heterocycles. The number of rotatable bonds is 5. The zero-order valence-corrected chi connectivity index (χ0v) is 18.0. The molecule has 1 aliphatic rings. The number of amides is 1. The summed E-state index contributed by atoms with van der Waals surface area (Å²) in [5, 5.41) is 2.64. The van der Waals surface area contributed by atoms with E-state index >= 15 is 0 Å². The summed E-state index contributed by atoms with van der Waals surface area (Å²) in [6, 6.07) is 6.10. The van der Waals surface area contributed by atoms with Crippen LogP contribution in [0.15, 0.2) is 40.2 Å². The summed E-state index contributed by atoms with van der Waals surface area (Å²) in [7, 11) is 4.41. The average molecular weight is 473 g/mol. The smallest absolute Gasteiger partial charge is 0.416 e. The number of ether oxygens (including phenoxy) is 3. The van der Waals surface area contributed by atoms with Gasteiger partial charge in [0.25, 0.3) is 5.91 Å². The molecule has 31 heavy (non-hydrogen) atoms. The van der Waals surface area contributed by atoms with Gasteiger partial charge in [-0.05, 0) is 53.7 Å². The van der Waals surface area contributed by atoms with E-state index in [0.717, 1.165) is 30.0 Å². The highest BCUT2D eigenvalue weighted by Gasteiger charge is 2.31. The highest BCUT2D eigenvalue weighted by molar-refractivity contribution is 8.18. The third kappa shape index (κ3) is 5.08. The van der Waals surface area contributed by atoms with E-state index in [9.17, 15) is 18.0 Å². The van der Waals surface area contributed by atoms with E-state index < -0.39 is 17.6 Å². The number of nitrogens with zero attached hydrogens (tertiary/aromatic N) is 1. The molecule has 0 unspecified atom stereocenters. The van der Waals surface area contributed by atoms with Crippen LogP contribution < -0.4 is 19.5 Å². The van der Waals surface area contributed by atoms with Gasteiger partial charge < -0.3 is 19.5 Å². The predicted octanol–water partition coefficient (Wildman–Crippen LogP) is 5.28. The molecule has 11 heteroatoms. The molecule has 2 aromatic carbocycles. The molecule has 6 nitrogen and oxygen atoms in total. The van der Waals surface area contributed by atoms with Crippen molar-refractivity contribution in [2.45, 2.75) is 6.18 Å². The van der Waals surface area contributed by atoms with Crippen LogP contribution in [0.2, 0.25) is 5.02 Å². The molecule has 0 saturated carbocycles. The number of carbonyl (C=O) groups is 1. The first kappa shape index (κ1) is 22.8. The van der Waals surface area contributed by atoms with Gasteiger partial charge in [-0.15, -0.1) is 0 Å². The maximum absolute atomic E-state index is 13.0. The fourth-order valence-electron chi connectivity index (χ4n) is 2.70. The fraction of sp³-hybridized carbons (Fsp3) is 0.200. The van der Waals surface area contributed by atoms with Gasteiger partial charge in [-0.2, -0.15) is 13.2 Å². The lowest BCUT2D eigenvalue weighted by Gasteiger charge is -2.12. The van der Waals surface area contributed by atoms with Crippen molar-refractivity contribution >= 4 is 46.2 Å². The molecule has 1 amide bonds. The van der Waals surface area contributed by atoms with Crippen molar-refractivity contribution in [1.29, 1.82) is 0 Å². The molecule has 0 bridgehead atoms. The van der Waals surface area contributed by atoms with E-state index in [4.69, 9.17) is 25.8 Å². The third-order valence-electron chi connectivity index (χ3n) is 4.13. The Morgan fingerprint density at radius 3 is 2.26 bits per heavy atom. The van der Waals surface area contributed by atoms with Gasteiger partial charge in [-0.25, -0.2) is 4.99 Å². The Hall–Kier alpha value is -2.85. The predicted molar refractivity (Wildman–Crippen MR) is 113 cm³/mol. The number of thioether (sulfide) groups is 1. The third-order valence-corrected chi connectivity index (χ3v) is 5.36. The minimum Gasteiger partial charge on any atom is -0.493 e. The van der Waals surface area contributed by atoms with Crippen LogP contribution in [0.3, 0.4) is 0 Å². The lowest BCUT2D eigenvalue weighted by atomic mass is 10.1. The maximum Gasteiger partial charge on any atom is 0.416 e. The lowest BCUT2D eigenvalue weighted by Crippen LogP contribution is -2.19. The van der Waals surface area contributed by atoms with Gasteiger partial charge in [-0.1, -0.05) is 11.6 Å². The summed E-state index contributed by atoms with van der Waals surface area (Å²) in [5.74, 6) is 0.751. The molecule has 1 N–H and O–H groups in total. The van der Waals surface area contributed by atoms with Crippen LogP contribution in [0.1, 0.15) is 11.1 Å². The fourth-order valence-corrected chi connectivity index (χ4v) is 3.70. The van der Waals surface area contributed by atoms with E-state index in [2.05, 4.69) is 10.3 Å². The molecule has 2 aromatic rings. The molecular formula is C20H16ClF3N2O4S. The summed E-state index contributed by atoms with van der Waals surface area (Å²) in [6.45, 7) is 0. The summed E-state index contributed by atoms with van der Waals surface area (Å²) in [6.07, 6.45) is -2.97. The Balaban J connectivity index is 1.93. The number of amidine groups is 1. The van der Waals surface area contributed by atoms with Gasteiger partial charge >= 0.3 is 6.18 Å². The van der Waals surface area contributed by atoms with E-state index in [1.54, 1.807) is 18.2 Å². The van der Waals surface area contributed by atoms with Crippen molar-refractivity contribution in [2.24, 2.45) is 4.99 Å². The molecule has 1 aliphatic heterocycles. The number of carbonyl (C=O) groups excluding carboxylic acids is 1. The first-order chi connectivity index (χ1) is 14.7. The largest absolute Gasteiger partial charge is 0.493 e. The van der Waals surface area contributed by atoms with Crippen LogP contribution in [-0.4, -0.2) is 32.4 Å². The van der Waals surface area contributed by atoms with Crippen LogP contribution in [0.5, 0.6) is 17.2 Å². The minimum atomic E-state index is -4.54. The Morgan fingerprint density at radius 2 is 1.71 bits per heavy atom. The van der Waals surface area contributed by atoms with Crippen molar-refractivity contribution in [3.8, 4) is 17.2 Å². The molecule has 0 aliphatic carbocycles. The van der Waals surface area contributed by atoms with Gasteiger partial charge in [-0.3, -0.25) is 4.79 Å². The van der Waals surface area contributed by atoms with E-state index in [1.165, 1.54) is 21.3 Å². The molecule has 1 heterocycles. The molecule has 3 rings (SSSR count). The standard InChI is InChI=1S/C20H16ClF3N2O4S/c1-28-14-6-10(7-15(29-2)17(14)30-3)8-16-18(27)26-19(31-16)25-13-9-11(20(22,23)24)4-5-12(13)21/h4-9H,1-3H3,(H,25,26,27)/b16-8-. The molecule has 1 fully saturated rings. The van der Waals surface area contributed by atoms with Crippen LogP contribution in [0, 0.1) is 0 Å². The van der Waals surface area contributed by atoms with Crippen LogP contribution >= 0.6 is 23.4 Å². The Morgan fingerprint density at radius 1 is 1.06 bits per heavy atom. The van der Waals surface area contributed by atoms with Crippen LogP contribution in [0.25, 0.3) is 6.08 Å². The van der Waals surface area contributed by atoms with Crippen molar-refractivity contribution in [3.63, 3.8) is 0 Å². The van der Waals surface area contributed by atoms with Gasteiger partial charge in [0.05, 0.1) is 42.5 Å². The second-order valence-electron chi connectivity index (χ2n) is 6.10. The van der Waals surface area contributed by atoms with Gasteiger partial charge in [0.15, 0.2) is 16.7 Å². The summed E-state index contributed by atoms with van der Waals surface area (Å²) < 4.78 is 54.7. The zero-order chi connectivity index (χ0) is 22.8. The van der Waals surface area contributed by atoms with Gasteiger partial charge in [0, 0.05) is 0 Å². The molecule has 0 spiro atoms.